The Balaban J connectivity index is 2.31. The van der Waals surface area contributed by atoms with E-state index < -0.39 is 0 Å². The maximum atomic E-state index is 11.1. The lowest BCUT2D eigenvalue weighted by atomic mass is 9.85. The van der Waals surface area contributed by atoms with E-state index in [0.717, 1.165) is 12.8 Å². The first-order chi connectivity index (χ1) is 7.72. The van der Waals surface area contributed by atoms with Crippen LogP contribution in [0.4, 0.5) is 0 Å². The third-order valence-corrected chi connectivity index (χ3v) is 3.10. The van der Waals surface area contributed by atoms with Gasteiger partial charge in [0.25, 0.3) is 0 Å². The van der Waals surface area contributed by atoms with E-state index in [1.165, 1.54) is 11.1 Å². The molecule has 1 N–H and O–H groups in total. The van der Waals surface area contributed by atoms with Gasteiger partial charge < -0.3 is 10.1 Å². The molecule has 0 fully saturated rings. The van der Waals surface area contributed by atoms with E-state index in [1.807, 2.05) is 12.1 Å². The number of rotatable bonds is 2. The zero-order valence-corrected chi connectivity index (χ0v) is 9.69. The Bertz CT molecular complexity index is 389. The van der Waals surface area contributed by atoms with Gasteiger partial charge in [0.15, 0.2) is 0 Å². The van der Waals surface area contributed by atoms with Gasteiger partial charge >= 0.3 is 0 Å². The predicted octanol–water partition coefficient (Wildman–Crippen LogP) is 2.35. The molecule has 1 aromatic rings. The average molecular weight is 219 g/mol. The number of carbonyl (C=O) groups excluding carboxylic acids is 1. The molecule has 16 heavy (non-hydrogen) atoms. The Kier molecular flexibility index (Phi) is 3.25. The molecular weight excluding hydrogens is 202 g/mol. The molecule has 86 valence electrons. The van der Waals surface area contributed by atoms with Crippen LogP contribution < -0.4 is 5.32 Å². The number of amides is 1. The van der Waals surface area contributed by atoms with Crippen LogP contribution in [-0.2, 0) is 9.53 Å². The quantitative estimate of drug-likeness (QED) is 0.829. The minimum Gasteiger partial charge on any atom is -0.377 e. The van der Waals surface area contributed by atoms with E-state index in [2.05, 4.69) is 17.4 Å². The van der Waals surface area contributed by atoms with E-state index >= 15 is 0 Å². The van der Waals surface area contributed by atoms with Gasteiger partial charge in [0.1, 0.15) is 0 Å². The number of methoxy groups -OCH3 is 1. The van der Waals surface area contributed by atoms with Crippen LogP contribution >= 0.6 is 0 Å². The van der Waals surface area contributed by atoms with Gasteiger partial charge in [-0.15, -0.1) is 0 Å². The van der Waals surface area contributed by atoms with Gasteiger partial charge in [-0.3, -0.25) is 4.79 Å². The zero-order valence-electron chi connectivity index (χ0n) is 9.69. The summed E-state index contributed by atoms with van der Waals surface area (Å²) in [6.07, 6.45) is 2.06. The fraction of sp³-hybridized carbons (Fsp3) is 0.462. The Morgan fingerprint density at radius 2 is 2.00 bits per heavy atom. The molecule has 2 unspecified atom stereocenters. The van der Waals surface area contributed by atoms with Gasteiger partial charge in [0.05, 0.1) is 12.1 Å². The van der Waals surface area contributed by atoms with Crippen molar-refractivity contribution >= 4 is 5.91 Å². The van der Waals surface area contributed by atoms with Crippen molar-refractivity contribution in [1.82, 2.24) is 5.32 Å². The number of benzene rings is 1. The molecule has 0 aliphatic heterocycles. The van der Waals surface area contributed by atoms with Gasteiger partial charge in [-0.2, -0.15) is 0 Å². The summed E-state index contributed by atoms with van der Waals surface area (Å²) < 4.78 is 5.46. The summed E-state index contributed by atoms with van der Waals surface area (Å²) in [7, 11) is 1.74. The van der Waals surface area contributed by atoms with E-state index in [4.69, 9.17) is 4.74 Å². The minimum absolute atomic E-state index is 0.0238. The minimum atomic E-state index is 0.0238. The first-order valence-electron chi connectivity index (χ1n) is 5.61. The summed E-state index contributed by atoms with van der Waals surface area (Å²) in [6.45, 7) is 1.56. The molecule has 0 radical (unpaired) electrons. The second kappa shape index (κ2) is 4.66. The predicted molar refractivity (Wildman–Crippen MR) is 62.0 cm³/mol. The van der Waals surface area contributed by atoms with Crippen LogP contribution in [0.5, 0.6) is 0 Å². The van der Waals surface area contributed by atoms with E-state index in [-0.39, 0.29) is 18.1 Å². The van der Waals surface area contributed by atoms with Gasteiger partial charge in [-0.25, -0.2) is 0 Å². The van der Waals surface area contributed by atoms with Crippen molar-refractivity contribution in [2.45, 2.75) is 31.9 Å². The number of hydrogen-bond acceptors (Lipinski definition) is 2. The average Bonchev–Trinajstić information content (AvgIpc) is 2.29. The number of hydrogen-bond donors (Lipinski definition) is 1. The Labute approximate surface area is 95.8 Å². The normalized spacial score (nSPS) is 23.6. The molecule has 0 saturated heterocycles. The molecule has 2 atom stereocenters. The van der Waals surface area contributed by atoms with E-state index in [1.54, 1.807) is 14.0 Å². The maximum Gasteiger partial charge on any atom is 0.217 e. The second-order valence-electron chi connectivity index (χ2n) is 4.18. The molecule has 1 amide bonds. The second-order valence-corrected chi connectivity index (χ2v) is 4.18. The lowest BCUT2D eigenvalue weighted by Crippen LogP contribution is -2.30. The number of nitrogens with one attached hydrogen (secondary N) is 1. The van der Waals surface area contributed by atoms with Crippen LogP contribution in [0.1, 0.15) is 43.0 Å². The first-order valence-corrected chi connectivity index (χ1v) is 5.61. The summed E-state index contributed by atoms with van der Waals surface area (Å²) in [5.74, 6) is 0.0238. The zero-order chi connectivity index (χ0) is 11.5. The molecule has 1 aliphatic carbocycles. The highest BCUT2D eigenvalue weighted by molar-refractivity contribution is 5.73. The summed E-state index contributed by atoms with van der Waals surface area (Å²) in [5, 5.41) is 2.99. The van der Waals surface area contributed by atoms with Gasteiger partial charge in [0.2, 0.25) is 5.91 Å². The fourth-order valence-electron chi connectivity index (χ4n) is 2.39. The molecule has 1 aromatic carbocycles. The molecule has 3 nitrogen and oxygen atoms in total. The molecule has 0 saturated carbocycles. The molecular formula is C13H17NO2. The lowest BCUT2D eigenvalue weighted by Gasteiger charge is -2.31. The molecule has 2 rings (SSSR count). The highest BCUT2D eigenvalue weighted by Gasteiger charge is 2.26. The van der Waals surface area contributed by atoms with Crippen LogP contribution in [0.3, 0.4) is 0 Å². The number of fused-ring (bicyclic) bond motifs is 1. The topological polar surface area (TPSA) is 38.3 Å². The Hall–Kier alpha value is -1.35. The third kappa shape index (κ3) is 2.09. The lowest BCUT2D eigenvalue weighted by molar-refractivity contribution is -0.119. The smallest absolute Gasteiger partial charge is 0.217 e. The van der Waals surface area contributed by atoms with Crippen molar-refractivity contribution in [2.75, 3.05) is 7.11 Å². The van der Waals surface area contributed by atoms with Crippen molar-refractivity contribution in [2.24, 2.45) is 0 Å². The van der Waals surface area contributed by atoms with Gasteiger partial charge in [0, 0.05) is 14.0 Å². The Morgan fingerprint density at radius 3 is 2.62 bits per heavy atom. The van der Waals surface area contributed by atoms with Crippen molar-refractivity contribution < 1.29 is 9.53 Å². The van der Waals surface area contributed by atoms with Crippen LogP contribution in [0.15, 0.2) is 24.3 Å². The summed E-state index contributed by atoms with van der Waals surface area (Å²) in [4.78, 5) is 11.1. The van der Waals surface area contributed by atoms with Crippen LogP contribution in [0, 0.1) is 0 Å². The SMILES string of the molecule is COC1CCC(NC(C)=O)c2ccccc21. The standard InChI is InChI=1S/C13H17NO2/c1-9(15)14-12-7-8-13(16-2)11-6-4-3-5-10(11)12/h3-6,12-13H,7-8H2,1-2H3,(H,14,15). The van der Waals surface area contributed by atoms with Gasteiger partial charge in [-0.1, -0.05) is 24.3 Å². The highest BCUT2D eigenvalue weighted by Crippen LogP contribution is 2.37. The Morgan fingerprint density at radius 1 is 1.31 bits per heavy atom. The van der Waals surface area contributed by atoms with E-state index in [9.17, 15) is 4.79 Å². The maximum absolute atomic E-state index is 11.1. The van der Waals surface area contributed by atoms with Crippen molar-refractivity contribution in [3.05, 3.63) is 35.4 Å². The van der Waals surface area contributed by atoms with Crippen molar-refractivity contribution in [3.63, 3.8) is 0 Å². The molecule has 0 heterocycles. The van der Waals surface area contributed by atoms with Crippen LogP contribution in [0.2, 0.25) is 0 Å². The summed E-state index contributed by atoms with van der Waals surface area (Å²) in [5.41, 5.74) is 2.39. The third-order valence-electron chi connectivity index (χ3n) is 3.10. The number of carbonyl (C=O) groups is 1. The molecule has 0 bridgehead atoms. The highest BCUT2D eigenvalue weighted by atomic mass is 16.5. The molecule has 0 spiro atoms. The van der Waals surface area contributed by atoms with E-state index in [0.29, 0.717) is 0 Å². The van der Waals surface area contributed by atoms with Gasteiger partial charge in [-0.05, 0) is 24.0 Å². The largest absolute Gasteiger partial charge is 0.377 e. The monoisotopic (exact) mass is 219 g/mol. The first kappa shape index (κ1) is 11.1. The van der Waals surface area contributed by atoms with Crippen molar-refractivity contribution in [1.29, 1.82) is 0 Å². The summed E-state index contributed by atoms with van der Waals surface area (Å²) >= 11 is 0. The summed E-state index contributed by atoms with van der Waals surface area (Å²) in [6, 6.07) is 8.31. The van der Waals surface area contributed by atoms with Crippen molar-refractivity contribution in [3.8, 4) is 0 Å². The fourth-order valence-corrected chi connectivity index (χ4v) is 2.39. The molecule has 1 aliphatic rings. The number of ether oxygens (including phenoxy) is 1. The van der Waals surface area contributed by atoms with Crippen LogP contribution in [0.25, 0.3) is 0 Å². The van der Waals surface area contributed by atoms with Crippen LogP contribution in [-0.4, -0.2) is 13.0 Å². The molecule has 0 aromatic heterocycles. The molecule has 3 heteroatoms.